The van der Waals surface area contributed by atoms with Gasteiger partial charge in [-0.05, 0) is 113 Å². The standard InChI is InChI=1S/C22H30O3/c23-19(21-7-13-1-14(8-21)3-15(2-13)9-21)25-20(24)22-10-16-4-17(11-22)6-18(5-16)12-22/h13-18H,1-12H2. The molecule has 8 aliphatic rings. The maximum atomic E-state index is 13.2. The molecule has 0 radical (unpaired) electrons. The van der Waals surface area contributed by atoms with Crippen molar-refractivity contribution >= 4 is 11.9 Å². The van der Waals surface area contributed by atoms with Crippen molar-refractivity contribution in [3.05, 3.63) is 0 Å². The van der Waals surface area contributed by atoms with Gasteiger partial charge in [0.25, 0.3) is 0 Å². The third kappa shape index (κ3) is 2.16. The Morgan fingerprint density at radius 2 is 0.760 bits per heavy atom. The number of carbonyl (C=O) groups excluding carboxylic acids is 2. The van der Waals surface area contributed by atoms with Crippen molar-refractivity contribution in [3.8, 4) is 0 Å². The number of carbonyl (C=O) groups is 2. The Balaban J connectivity index is 1.22. The second kappa shape index (κ2) is 4.89. The van der Waals surface area contributed by atoms with Crippen LogP contribution in [0.2, 0.25) is 0 Å². The number of rotatable bonds is 2. The highest BCUT2D eigenvalue weighted by Gasteiger charge is 2.59. The van der Waals surface area contributed by atoms with E-state index in [0.29, 0.717) is 35.5 Å². The second-order valence-electron chi connectivity index (χ2n) is 11.1. The van der Waals surface area contributed by atoms with E-state index < -0.39 is 0 Å². The lowest BCUT2D eigenvalue weighted by Crippen LogP contribution is -2.54. The molecule has 0 N–H and O–H groups in total. The molecule has 0 spiro atoms. The molecule has 8 rings (SSSR count). The van der Waals surface area contributed by atoms with Crippen LogP contribution in [0.5, 0.6) is 0 Å². The molecule has 0 amide bonds. The van der Waals surface area contributed by atoms with Crippen LogP contribution in [0.3, 0.4) is 0 Å². The van der Waals surface area contributed by atoms with Crippen LogP contribution in [0.15, 0.2) is 0 Å². The van der Waals surface area contributed by atoms with Crippen LogP contribution in [0.25, 0.3) is 0 Å². The van der Waals surface area contributed by atoms with Crippen LogP contribution in [-0.4, -0.2) is 11.9 Å². The summed E-state index contributed by atoms with van der Waals surface area (Å²) in [7, 11) is 0. The Hall–Kier alpha value is -0.860. The molecule has 0 unspecified atom stereocenters. The highest BCUT2D eigenvalue weighted by molar-refractivity contribution is 5.92. The molecule has 8 saturated carbocycles. The molecule has 136 valence electrons. The van der Waals surface area contributed by atoms with Gasteiger partial charge in [-0.1, -0.05) is 0 Å². The van der Waals surface area contributed by atoms with E-state index >= 15 is 0 Å². The molecule has 0 aromatic carbocycles. The van der Waals surface area contributed by atoms with E-state index in [1.54, 1.807) is 0 Å². The molecular weight excluding hydrogens is 312 g/mol. The summed E-state index contributed by atoms with van der Waals surface area (Å²) in [5.41, 5.74) is -0.598. The fourth-order valence-corrected chi connectivity index (χ4v) is 9.02. The predicted octanol–water partition coefficient (Wildman–Crippen LogP) is 4.49. The molecule has 25 heavy (non-hydrogen) atoms. The first kappa shape index (κ1) is 15.2. The Labute approximate surface area is 150 Å². The van der Waals surface area contributed by atoms with Gasteiger partial charge in [0.15, 0.2) is 0 Å². The van der Waals surface area contributed by atoms with Gasteiger partial charge in [-0.3, -0.25) is 9.59 Å². The highest BCUT2D eigenvalue weighted by atomic mass is 16.6. The summed E-state index contributed by atoms with van der Waals surface area (Å²) in [5.74, 6) is 4.03. The maximum absolute atomic E-state index is 13.2. The minimum Gasteiger partial charge on any atom is -0.392 e. The third-order valence-corrected chi connectivity index (χ3v) is 9.13. The summed E-state index contributed by atoms with van der Waals surface area (Å²) in [6.07, 6.45) is 13.8. The highest BCUT2D eigenvalue weighted by Crippen LogP contribution is 2.62. The van der Waals surface area contributed by atoms with E-state index in [1.165, 1.54) is 38.5 Å². The van der Waals surface area contributed by atoms with Crippen LogP contribution >= 0.6 is 0 Å². The van der Waals surface area contributed by atoms with Gasteiger partial charge >= 0.3 is 11.9 Å². The summed E-state index contributed by atoms with van der Waals surface area (Å²) in [6.45, 7) is 0. The van der Waals surface area contributed by atoms with Crippen molar-refractivity contribution in [2.75, 3.05) is 0 Å². The molecule has 0 aromatic rings. The van der Waals surface area contributed by atoms with Crippen LogP contribution in [0, 0.1) is 46.3 Å². The summed E-state index contributed by atoms with van der Waals surface area (Å²) < 4.78 is 5.74. The quantitative estimate of drug-likeness (QED) is 0.548. The van der Waals surface area contributed by atoms with Crippen molar-refractivity contribution in [2.45, 2.75) is 77.0 Å². The van der Waals surface area contributed by atoms with E-state index in [1.807, 2.05) is 0 Å². The van der Waals surface area contributed by atoms with Crippen molar-refractivity contribution in [1.82, 2.24) is 0 Å². The molecule has 3 heteroatoms. The van der Waals surface area contributed by atoms with Crippen LogP contribution in [0.1, 0.15) is 77.0 Å². The second-order valence-corrected chi connectivity index (χ2v) is 11.1. The third-order valence-electron chi connectivity index (χ3n) is 9.13. The fraction of sp³-hybridized carbons (Fsp3) is 0.909. The molecule has 0 atom stereocenters. The summed E-state index contributed by atoms with van der Waals surface area (Å²) in [4.78, 5) is 26.3. The lowest BCUT2D eigenvalue weighted by molar-refractivity contribution is -0.191. The van der Waals surface area contributed by atoms with Gasteiger partial charge in [-0.25, -0.2) is 0 Å². The Morgan fingerprint density at radius 1 is 0.520 bits per heavy atom. The topological polar surface area (TPSA) is 43.4 Å². The van der Waals surface area contributed by atoms with Gasteiger partial charge in [0.1, 0.15) is 0 Å². The van der Waals surface area contributed by atoms with Crippen molar-refractivity contribution in [3.63, 3.8) is 0 Å². The van der Waals surface area contributed by atoms with Gasteiger partial charge in [-0.15, -0.1) is 0 Å². The monoisotopic (exact) mass is 342 g/mol. The Kier molecular flexibility index (Phi) is 2.98. The zero-order chi connectivity index (χ0) is 16.8. The molecule has 0 saturated heterocycles. The molecule has 0 heterocycles. The Morgan fingerprint density at radius 3 is 1.00 bits per heavy atom. The van der Waals surface area contributed by atoms with E-state index in [2.05, 4.69) is 0 Å². The number of esters is 2. The van der Waals surface area contributed by atoms with Crippen LogP contribution < -0.4 is 0 Å². The lowest BCUT2D eigenvalue weighted by atomic mass is 9.49. The van der Waals surface area contributed by atoms with Crippen molar-refractivity contribution in [2.24, 2.45) is 46.3 Å². The molecule has 8 aliphatic carbocycles. The molecule has 3 nitrogen and oxygen atoms in total. The zero-order valence-electron chi connectivity index (χ0n) is 15.2. The number of hydrogen-bond donors (Lipinski definition) is 0. The van der Waals surface area contributed by atoms with Gasteiger partial charge in [0.05, 0.1) is 10.8 Å². The minimum atomic E-state index is -0.299. The number of hydrogen-bond acceptors (Lipinski definition) is 3. The van der Waals surface area contributed by atoms with Crippen LogP contribution in [0.4, 0.5) is 0 Å². The maximum Gasteiger partial charge on any atom is 0.319 e. The largest absolute Gasteiger partial charge is 0.392 e. The minimum absolute atomic E-state index is 0.132. The average Bonchev–Trinajstić information content (AvgIpc) is 2.52. The van der Waals surface area contributed by atoms with Gasteiger partial charge in [0, 0.05) is 0 Å². The Bertz CT molecular complexity index is 509. The molecular formula is C22H30O3. The average molecular weight is 342 g/mol. The van der Waals surface area contributed by atoms with E-state index in [-0.39, 0.29) is 22.8 Å². The van der Waals surface area contributed by atoms with Gasteiger partial charge in [0.2, 0.25) is 0 Å². The molecule has 8 fully saturated rings. The number of ether oxygens (including phenoxy) is 1. The first-order chi connectivity index (χ1) is 12.0. The lowest BCUT2D eigenvalue weighted by Gasteiger charge is -2.56. The normalized spacial score (nSPS) is 54.7. The summed E-state index contributed by atoms with van der Waals surface area (Å²) >= 11 is 0. The van der Waals surface area contributed by atoms with E-state index in [4.69, 9.17) is 4.74 Å². The van der Waals surface area contributed by atoms with Crippen molar-refractivity contribution in [1.29, 1.82) is 0 Å². The van der Waals surface area contributed by atoms with Crippen molar-refractivity contribution < 1.29 is 14.3 Å². The fourth-order valence-electron chi connectivity index (χ4n) is 9.02. The first-order valence-corrected chi connectivity index (χ1v) is 10.8. The van der Waals surface area contributed by atoms with E-state index in [0.717, 1.165) is 38.5 Å². The van der Waals surface area contributed by atoms with Gasteiger partial charge in [-0.2, -0.15) is 0 Å². The van der Waals surface area contributed by atoms with E-state index in [9.17, 15) is 9.59 Å². The summed E-state index contributed by atoms with van der Waals surface area (Å²) in [6, 6.07) is 0. The van der Waals surface area contributed by atoms with Crippen LogP contribution in [-0.2, 0) is 14.3 Å². The predicted molar refractivity (Wildman–Crippen MR) is 92.3 cm³/mol. The van der Waals surface area contributed by atoms with Gasteiger partial charge < -0.3 is 4.74 Å². The summed E-state index contributed by atoms with van der Waals surface area (Å²) in [5, 5.41) is 0. The molecule has 8 bridgehead atoms. The SMILES string of the molecule is O=C(OC(=O)C12CC3CC(CC(C3)C1)C2)C12CC3CC(CC(C3)C1)C2. The smallest absolute Gasteiger partial charge is 0.319 e. The zero-order valence-corrected chi connectivity index (χ0v) is 15.2. The molecule has 0 aliphatic heterocycles. The molecule has 0 aromatic heterocycles. The first-order valence-electron chi connectivity index (χ1n) is 10.8.